The van der Waals surface area contributed by atoms with Gasteiger partial charge in [0, 0.05) is 13.5 Å². The van der Waals surface area contributed by atoms with E-state index in [0.29, 0.717) is 11.3 Å². The molecule has 1 N–H and O–H groups in total. The van der Waals surface area contributed by atoms with Crippen molar-refractivity contribution in [1.29, 1.82) is 0 Å². The van der Waals surface area contributed by atoms with Crippen LogP contribution in [0.25, 0.3) is 0 Å². The van der Waals surface area contributed by atoms with Crippen LogP contribution in [0.3, 0.4) is 0 Å². The molecule has 0 aromatic carbocycles. The molecule has 0 bridgehead atoms. The molecule has 1 amide bonds. The van der Waals surface area contributed by atoms with Gasteiger partial charge >= 0.3 is 0 Å². The highest BCUT2D eigenvalue weighted by atomic mass is 16.1. The molecule has 1 rings (SSSR count). The second-order valence-corrected chi connectivity index (χ2v) is 4.32. The minimum absolute atomic E-state index is 0.186. The lowest BCUT2D eigenvalue weighted by Gasteiger charge is -2.42. The van der Waals surface area contributed by atoms with Gasteiger partial charge in [0.2, 0.25) is 5.91 Å². The quantitative estimate of drug-likeness (QED) is 0.644. The van der Waals surface area contributed by atoms with E-state index >= 15 is 0 Å². The predicted molar refractivity (Wildman–Crippen MR) is 45.2 cm³/mol. The van der Waals surface area contributed by atoms with E-state index in [1.165, 1.54) is 12.8 Å². The zero-order valence-electron chi connectivity index (χ0n) is 7.61. The van der Waals surface area contributed by atoms with Gasteiger partial charge in [-0.1, -0.05) is 13.8 Å². The molecule has 0 spiro atoms. The number of carbonyl (C=O) groups is 1. The van der Waals surface area contributed by atoms with Crippen LogP contribution in [-0.2, 0) is 4.79 Å². The average molecular weight is 155 g/mol. The van der Waals surface area contributed by atoms with Gasteiger partial charge in [-0.2, -0.15) is 0 Å². The molecule has 1 aliphatic rings. The topological polar surface area (TPSA) is 29.1 Å². The van der Waals surface area contributed by atoms with Gasteiger partial charge in [0.25, 0.3) is 0 Å². The first-order valence-corrected chi connectivity index (χ1v) is 4.24. The van der Waals surface area contributed by atoms with Crippen LogP contribution in [-0.4, -0.2) is 13.0 Å². The molecule has 1 aliphatic carbocycles. The molecule has 0 saturated heterocycles. The highest BCUT2D eigenvalue weighted by Crippen LogP contribution is 2.46. The van der Waals surface area contributed by atoms with Crippen molar-refractivity contribution in [3.05, 3.63) is 0 Å². The van der Waals surface area contributed by atoms with E-state index in [9.17, 15) is 4.79 Å². The Labute approximate surface area is 68.4 Å². The molecule has 2 heteroatoms. The smallest absolute Gasteiger partial charge is 0.220 e. The van der Waals surface area contributed by atoms with Crippen molar-refractivity contribution in [2.24, 2.45) is 11.3 Å². The molecule has 0 aromatic heterocycles. The van der Waals surface area contributed by atoms with Crippen molar-refractivity contribution in [3.63, 3.8) is 0 Å². The Balaban J connectivity index is 2.19. The van der Waals surface area contributed by atoms with E-state index in [-0.39, 0.29) is 5.91 Å². The van der Waals surface area contributed by atoms with Gasteiger partial charge in [-0.3, -0.25) is 4.79 Å². The van der Waals surface area contributed by atoms with Crippen LogP contribution in [0.15, 0.2) is 0 Å². The first-order valence-electron chi connectivity index (χ1n) is 4.24. The van der Waals surface area contributed by atoms with Crippen molar-refractivity contribution in [3.8, 4) is 0 Å². The third kappa shape index (κ3) is 2.21. The van der Waals surface area contributed by atoms with Crippen LogP contribution in [0.1, 0.15) is 33.1 Å². The third-order valence-corrected chi connectivity index (χ3v) is 2.44. The van der Waals surface area contributed by atoms with Crippen LogP contribution in [0, 0.1) is 11.3 Å². The average Bonchev–Trinajstić information content (AvgIpc) is 1.83. The second kappa shape index (κ2) is 2.84. The van der Waals surface area contributed by atoms with Gasteiger partial charge in [0.05, 0.1) is 0 Å². The van der Waals surface area contributed by atoms with Crippen LogP contribution < -0.4 is 5.32 Å². The molecule has 1 saturated carbocycles. The van der Waals surface area contributed by atoms with Crippen molar-refractivity contribution in [2.45, 2.75) is 33.1 Å². The Bertz CT molecular complexity index is 155. The van der Waals surface area contributed by atoms with Gasteiger partial charge in [-0.25, -0.2) is 0 Å². The number of amides is 1. The fourth-order valence-electron chi connectivity index (χ4n) is 2.01. The van der Waals surface area contributed by atoms with Gasteiger partial charge in [0.1, 0.15) is 0 Å². The molecule has 11 heavy (non-hydrogen) atoms. The summed E-state index contributed by atoms with van der Waals surface area (Å²) >= 11 is 0. The Morgan fingerprint density at radius 2 is 2.09 bits per heavy atom. The number of carbonyl (C=O) groups excluding carboxylic acids is 1. The molecule has 0 atom stereocenters. The zero-order chi connectivity index (χ0) is 8.48. The summed E-state index contributed by atoms with van der Waals surface area (Å²) in [5.74, 6) is 0.829. The van der Waals surface area contributed by atoms with E-state index in [4.69, 9.17) is 0 Å². The van der Waals surface area contributed by atoms with Crippen molar-refractivity contribution in [2.75, 3.05) is 7.05 Å². The monoisotopic (exact) mass is 155 g/mol. The lowest BCUT2D eigenvalue weighted by atomic mass is 9.63. The molecule has 0 heterocycles. The van der Waals surface area contributed by atoms with Gasteiger partial charge < -0.3 is 5.32 Å². The highest BCUT2D eigenvalue weighted by Gasteiger charge is 2.36. The molecule has 0 aliphatic heterocycles. The summed E-state index contributed by atoms with van der Waals surface area (Å²) in [5, 5.41) is 2.65. The first-order chi connectivity index (χ1) is 5.03. The van der Waals surface area contributed by atoms with Crippen LogP contribution in [0.5, 0.6) is 0 Å². The lowest BCUT2D eigenvalue weighted by molar-refractivity contribution is -0.123. The van der Waals surface area contributed by atoms with Crippen molar-refractivity contribution >= 4 is 5.91 Å². The Hall–Kier alpha value is -0.530. The summed E-state index contributed by atoms with van der Waals surface area (Å²) < 4.78 is 0. The largest absolute Gasteiger partial charge is 0.359 e. The maximum atomic E-state index is 10.9. The Morgan fingerprint density at radius 1 is 1.55 bits per heavy atom. The minimum Gasteiger partial charge on any atom is -0.359 e. The first kappa shape index (κ1) is 8.57. The van der Waals surface area contributed by atoms with Crippen molar-refractivity contribution < 1.29 is 4.79 Å². The summed E-state index contributed by atoms with van der Waals surface area (Å²) in [6.45, 7) is 4.51. The van der Waals surface area contributed by atoms with Crippen LogP contribution in [0.4, 0.5) is 0 Å². The van der Waals surface area contributed by atoms with E-state index in [1.54, 1.807) is 7.05 Å². The summed E-state index contributed by atoms with van der Waals surface area (Å²) in [4.78, 5) is 10.9. The molecule has 0 unspecified atom stereocenters. The molecular formula is C9H17NO. The molecule has 0 aromatic rings. The Kier molecular flexibility index (Phi) is 2.21. The fraction of sp³-hybridized carbons (Fsp3) is 0.889. The fourth-order valence-corrected chi connectivity index (χ4v) is 2.01. The van der Waals surface area contributed by atoms with E-state index in [2.05, 4.69) is 19.2 Å². The Morgan fingerprint density at radius 3 is 2.45 bits per heavy atom. The molecule has 2 nitrogen and oxygen atoms in total. The third-order valence-electron chi connectivity index (χ3n) is 2.44. The van der Waals surface area contributed by atoms with Crippen LogP contribution >= 0.6 is 0 Å². The van der Waals surface area contributed by atoms with E-state index < -0.39 is 0 Å². The predicted octanol–water partition coefficient (Wildman–Crippen LogP) is 1.56. The summed E-state index contributed by atoms with van der Waals surface area (Å²) in [5.41, 5.74) is 0.499. The lowest BCUT2D eigenvalue weighted by Crippen LogP contribution is -2.35. The number of nitrogens with one attached hydrogen (secondary N) is 1. The van der Waals surface area contributed by atoms with Crippen molar-refractivity contribution in [1.82, 2.24) is 5.32 Å². The maximum Gasteiger partial charge on any atom is 0.220 e. The molecular weight excluding hydrogens is 138 g/mol. The zero-order valence-corrected chi connectivity index (χ0v) is 7.61. The van der Waals surface area contributed by atoms with E-state index in [0.717, 1.165) is 6.42 Å². The summed E-state index contributed by atoms with van der Waals surface area (Å²) in [7, 11) is 1.70. The molecule has 0 radical (unpaired) electrons. The number of hydrogen-bond donors (Lipinski definition) is 1. The number of hydrogen-bond acceptors (Lipinski definition) is 1. The van der Waals surface area contributed by atoms with Gasteiger partial charge in [-0.05, 0) is 24.2 Å². The maximum absolute atomic E-state index is 10.9. The van der Waals surface area contributed by atoms with Gasteiger partial charge in [-0.15, -0.1) is 0 Å². The normalized spacial score (nSPS) is 22.5. The van der Waals surface area contributed by atoms with E-state index in [1.807, 2.05) is 0 Å². The van der Waals surface area contributed by atoms with Gasteiger partial charge in [0.15, 0.2) is 0 Å². The molecule has 1 fully saturated rings. The minimum atomic E-state index is 0.186. The van der Waals surface area contributed by atoms with Crippen LogP contribution in [0.2, 0.25) is 0 Å². The summed E-state index contributed by atoms with van der Waals surface area (Å²) in [6.07, 6.45) is 3.14. The SMILES string of the molecule is CNC(=O)CC1CC(C)(C)C1. The number of rotatable bonds is 2. The second-order valence-electron chi connectivity index (χ2n) is 4.32. The molecule has 64 valence electrons. The highest BCUT2D eigenvalue weighted by molar-refractivity contribution is 5.75. The summed E-state index contributed by atoms with van der Waals surface area (Å²) in [6, 6.07) is 0. The standard InChI is InChI=1S/C9H17NO/c1-9(2)5-7(6-9)4-8(11)10-3/h7H,4-6H2,1-3H3,(H,10,11).